The molecule has 20 heavy (non-hydrogen) atoms. The van der Waals surface area contributed by atoms with Crippen molar-refractivity contribution < 1.29 is 13.9 Å². The summed E-state index contributed by atoms with van der Waals surface area (Å²) in [6, 6.07) is 7.00. The van der Waals surface area contributed by atoms with Crippen molar-refractivity contribution in [2.45, 2.75) is 26.3 Å². The molecule has 106 valence electrons. The van der Waals surface area contributed by atoms with Gasteiger partial charge in [0, 0.05) is 12.0 Å². The Bertz CT molecular complexity index is 578. The van der Waals surface area contributed by atoms with Gasteiger partial charge in [0.1, 0.15) is 11.5 Å². The smallest absolute Gasteiger partial charge is 0.251 e. The van der Waals surface area contributed by atoms with Crippen LogP contribution in [-0.2, 0) is 13.0 Å². The predicted octanol–water partition coefficient (Wildman–Crippen LogP) is 2.57. The van der Waals surface area contributed by atoms with Gasteiger partial charge >= 0.3 is 0 Å². The van der Waals surface area contributed by atoms with E-state index in [2.05, 4.69) is 17.2 Å². The molecule has 1 aromatic carbocycles. The highest BCUT2D eigenvalue weighted by Gasteiger charge is 2.08. The fourth-order valence-corrected chi connectivity index (χ4v) is 1.79. The van der Waals surface area contributed by atoms with Gasteiger partial charge in [0.2, 0.25) is 0 Å². The number of methoxy groups -OCH3 is 1. The largest absolute Gasteiger partial charge is 0.497 e. The third kappa shape index (κ3) is 3.60. The molecule has 0 aliphatic heterocycles. The Hall–Kier alpha value is -2.30. The van der Waals surface area contributed by atoms with Crippen LogP contribution in [0, 0.1) is 0 Å². The Morgan fingerprint density at radius 2 is 2.30 bits per heavy atom. The average Bonchev–Trinajstić information content (AvgIpc) is 2.93. The molecule has 2 rings (SSSR count). The lowest BCUT2D eigenvalue weighted by molar-refractivity contribution is 0.0947. The van der Waals surface area contributed by atoms with E-state index >= 15 is 0 Å². The summed E-state index contributed by atoms with van der Waals surface area (Å²) in [5, 5.41) is 2.79. The zero-order valence-electron chi connectivity index (χ0n) is 11.7. The molecule has 1 amide bonds. The Balaban J connectivity index is 1.93. The molecule has 0 bridgehead atoms. The zero-order valence-corrected chi connectivity index (χ0v) is 11.7. The van der Waals surface area contributed by atoms with E-state index in [9.17, 15) is 4.79 Å². The first-order chi connectivity index (χ1) is 9.72. The maximum absolute atomic E-state index is 12.0. The number of nitrogens with one attached hydrogen (secondary N) is 1. The molecule has 0 aliphatic carbocycles. The summed E-state index contributed by atoms with van der Waals surface area (Å²) in [5.74, 6) is 1.85. The van der Waals surface area contributed by atoms with E-state index in [-0.39, 0.29) is 5.91 Å². The first-order valence-electron chi connectivity index (χ1n) is 6.58. The third-order valence-corrected chi connectivity index (χ3v) is 2.82. The molecule has 0 radical (unpaired) electrons. The van der Waals surface area contributed by atoms with Gasteiger partial charge in [-0.3, -0.25) is 4.79 Å². The summed E-state index contributed by atoms with van der Waals surface area (Å²) in [4.78, 5) is 16.1. The fraction of sp³-hybridized carbons (Fsp3) is 0.333. The quantitative estimate of drug-likeness (QED) is 0.879. The summed E-state index contributed by atoms with van der Waals surface area (Å²) in [6.45, 7) is 2.39. The number of hydrogen-bond acceptors (Lipinski definition) is 4. The SMILES string of the molecule is CCCc1ncc(CNC(=O)c2cccc(OC)c2)o1. The minimum atomic E-state index is -0.169. The third-order valence-electron chi connectivity index (χ3n) is 2.82. The number of oxazole rings is 1. The first kappa shape index (κ1) is 14.1. The van der Waals surface area contributed by atoms with Crippen LogP contribution >= 0.6 is 0 Å². The van der Waals surface area contributed by atoms with Gasteiger partial charge < -0.3 is 14.5 Å². The number of aromatic nitrogens is 1. The highest BCUT2D eigenvalue weighted by Crippen LogP contribution is 2.12. The molecular formula is C15H18N2O3. The lowest BCUT2D eigenvalue weighted by Crippen LogP contribution is -2.22. The number of carbonyl (C=O) groups is 1. The van der Waals surface area contributed by atoms with Gasteiger partial charge in [-0.1, -0.05) is 13.0 Å². The van der Waals surface area contributed by atoms with E-state index in [0.717, 1.165) is 12.8 Å². The van der Waals surface area contributed by atoms with Gasteiger partial charge in [-0.15, -0.1) is 0 Å². The molecule has 1 heterocycles. The number of ether oxygens (including phenoxy) is 1. The van der Waals surface area contributed by atoms with Crippen LogP contribution < -0.4 is 10.1 Å². The van der Waals surface area contributed by atoms with Crippen LogP contribution in [0.5, 0.6) is 5.75 Å². The van der Waals surface area contributed by atoms with Crippen LogP contribution in [0.25, 0.3) is 0 Å². The van der Waals surface area contributed by atoms with Crippen molar-refractivity contribution in [3.8, 4) is 5.75 Å². The summed E-state index contributed by atoms with van der Waals surface area (Å²) in [7, 11) is 1.57. The second kappa shape index (κ2) is 6.75. The molecule has 0 fully saturated rings. The molecule has 5 nitrogen and oxygen atoms in total. The Morgan fingerprint density at radius 1 is 1.45 bits per heavy atom. The van der Waals surface area contributed by atoms with Crippen molar-refractivity contribution >= 4 is 5.91 Å². The Labute approximate surface area is 118 Å². The molecule has 0 saturated carbocycles. The minimum Gasteiger partial charge on any atom is -0.497 e. The van der Waals surface area contributed by atoms with Gasteiger partial charge in [0.05, 0.1) is 19.9 Å². The summed E-state index contributed by atoms with van der Waals surface area (Å²) in [6.07, 6.45) is 3.44. The fourth-order valence-electron chi connectivity index (χ4n) is 1.79. The molecule has 5 heteroatoms. The van der Waals surface area contributed by atoms with Crippen molar-refractivity contribution in [2.24, 2.45) is 0 Å². The number of amides is 1. The molecule has 1 aromatic heterocycles. The maximum atomic E-state index is 12.0. The number of hydrogen-bond donors (Lipinski definition) is 1. The monoisotopic (exact) mass is 274 g/mol. The molecule has 0 unspecified atom stereocenters. The summed E-state index contributed by atoms with van der Waals surface area (Å²) >= 11 is 0. The number of benzene rings is 1. The van der Waals surface area contributed by atoms with Crippen molar-refractivity contribution in [2.75, 3.05) is 7.11 Å². The topological polar surface area (TPSA) is 64.4 Å². The number of nitrogens with zero attached hydrogens (tertiary/aromatic N) is 1. The van der Waals surface area contributed by atoms with Gasteiger partial charge in [0.25, 0.3) is 5.91 Å². The van der Waals surface area contributed by atoms with Crippen molar-refractivity contribution in [1.29, 1.82) is 0 Å². The zero-order chi connectivity index (χ0) is 14.4. The Kier molecular flexibility index (Phi) is 4.76. The number of rotatable bonds is 6. The summed E-state index contributed by atoms with van der Waals surface area (Å²) < 4.78 is 10.6. The second-order valence-electron chi connectivity index (χ2n) is 4.38. The molecule has 0 aliphatic rings. The minimum absolute atomic E-state index is 0.169. The maximum Gasteiger partial charge on any atom is 0.251 e. The van der Waals surface area contributed by atoms with Crippen molar-refractivity contribution in [1.82, 2.24) is 10.3 Å². The van der Waals surface area contributed by atoms with Crippen LogP contribution in [-0.4, -0.2) is 18.0 Å². The van der Waals surface area contributed by atoms with Crippen molar-refractivity contribution in [3.63, 3.8) is 0 Å². The average molecular weight is 274 g/mol. The normalized spacial score (nSPS) is 10.3. The van der Waals surface area contributed by atoms with Crippen LogP contribution in [0.3, 0.4) is 0 Å². The van der Waals surface area contributed by atoms with E-state index < -0.39 is 0 Å². The first-order valence-corrected chi connectivity index (χ1v) is 6.58. The molecule has 0 spiro atoms. The molecular weight excluding hydrogens is 256 g/mol. The lowest BCUT2D eigenvalue weighted by atomic mass is 10.2. The Morgan fingerprint density at radius 3 is 3.05 bits per heavy atom. The predicted molar refractivity (Wildman–Crippen MR) is 74.7 cm³/mol. The van der Waals surface area contributed by atoms with E-state index in [1.165, 1.54) is 0 Å². The number of aryl methyl sites for hydroxylation is 1. The van der Waals surface area contributed by atoms with Crippen LogP contribution in [0.1, 0.15) is 35.4 Å². The van der Waals surface area contributed by atoms with Crippen LogP contribution in [0.4, 0.5) is 0 Å². The molecule has 1 N–H and O–H groups in total. The van der Waals surface area contributed by atoms with Gasteiger partial charge in [-0.25, -0.2) is 4.98 Å². The van der Waals surface area contributed by atoms with Crippen LogP contribution in [0.15, 0.2) is 34.9 Å². The molecule has 0 saturated heterocycles. The van der Waals surface area contributed by atoms with E-state index in [1.807, 2.05) is 0 Å². The van der Waals surface area contributed by atoms with Crippen LogP contribution in [0.2, 0.25) is 0 Å². The highest BCUT2D eigenvalue weighted by atomic mass is 16.5. The lowest BCUT2D eigenvalue weighted by Gasteiger charge is -2.05. The van der Waals surface area contributed by atoms with Gasteiger partial charge in [-0.05, 0) is 24.6 Å². The van der Waals surface area contributed by atoms with E-state index in [1.54, 1.807) is 37.6 Å². The number of carbonyl (C=O) groups excluding carboxylic acids is 1. The second-order valence-corrected chi connectivity index (χ2v) is 4.38. The van der Waals surface area contributed by atoms with Gasteiger partial charge in [-0.2, -0.15) is 0 Å². The van der Waals surface area contributed by atoms with E-state index in [0.29, 0.717) is 29.5 Å². The molecule has 2 aromatic rings. The van der Waals surface area contributed by atoms with E-state index in [4.69, 9.17) is 9.15 Å². The highest BCUT2D eigenvalue weighted by molar-refractivity contribution is 5.94. The standard InChI is InChI=1S/C15H18N2O3/c1-3-5-14-16-9-13(20-14)10-17-15(18)11-6-4-7-12(8-11)19-2/h4,6-9H,3,5,10H2,1-2H3,(H,17,18). The molecule has 0 atom stereocenters. The van der Waals surface area contributed by atoms with Gasteiger partial charge in [0.15, 0.2) is 5.89 Å². The summed E-state index contributed by atoms with van der Waals surface area (Å²) in [5.41, 5.74) is 0.553. The van der Waals surface area contributed by atoms with Crippen molar-refractivity contribution in [3.05, 3.63) is 47.7 Å².